The highest BCUT2D eigenvalue weighted by Crippen LogP contribution is 2.08. The van der Waals surface area contributed by atoms with E-state index >= 15 is 0 Å². The van der Waals surface area contributed by atoms with Gasteiger partial charge in [-0.05, 0) is 18.9 Å². The first-order chi connectivity index (χ1) is 5.35. The number of hydrogen-bond donors (Lipinski definition) is 2. The molecule has 0 amide bonds. The van der Waals surface area contributed by atoms with Gasteiger partial charge in [0.2, 0.25) is 0 Å². The van der Waals surface area contributed by atoms with Crippen LogP contribution in [0.2, 0.25) is 0 Å². The number of nitrogens with two attached hydrogens (primary N) is 1. The van der Waals surface area contributed by atoms with Crippen LogP contribution in [0.5, 0.6) is 0 Å². The molecule has 2 nitrogen and oxygen atoms in total. The average Bonchev–Trinajstić information content (AvgIpc) is 2.05. The fourth-order valence-corrected chi connectivity index (χ4v) is 1.14. The van der Waals surface area contributed by atoms with E-state index in [1.54, 1.807) is 0 Å². The molecule has 3 N–H and O–H groups in total. The molecule has 0 spiro atoms. The van der Waals surface area contributed by atoms with E-state index in [0.29, 0.717) is 12.5 Å². The largest absolute Gasteiger partial charge is 0.396 e. The van der Waals surface area contributed by atoms with Gasteiger partial charge in [0.05, 0.1) is 0 Å². The maximum atomic E-state index is 8.80. The summed E-state index contributed by atoms with van der Waals surface area (Å²) in [6.45, 7) is 3.08. The van der Waals surface area contributed by atoms with Gasteiger partial charge in [-0.2, -0.15) is 0 Å². The fraction of sp³-hybridized carbons (Fsp3) is 1.00. The zero-order valence-electron chi connectivity index (χ0n) is 7.55. The number of aliphatic hydroxyl groups is 1. The van der Waals surface area contributed by atoms with Crippen LogP contribution in [0.1, 0.15) is 39.0 Å². The number of aliphatic hydroxyl groups excluding tert-OH is 1. The van der Waals surface area contributed by atoms with Gasteiger partial charge < -0.3 is 10.8 Å². The molecular formula is C9H21NO. The van der Waals surface area contributed by atoms with E-state index < -0.39 is 0 Å². The van der Waals surface area contributed by atoms with Crippen molar-refractivity contribution in [3.63, 3.8) is 0 Å². The van der Waals surface area contributed by atoms with Gasteiger partial charge in [-0.15, -0.1) is 0 Å². The molecule has 0 bridgehead atoms. The molecule has 1 atom stereocenters. The monoisotopic (exact) mass is 159 g/mol. The number of hydrogen-bond acceptors (Lipinski definition) is 2. The molecular weight excluding hydrogens is 138 g/mol. The molecule has 1 unspecified atom stereocenters. The van der Waals surface area contributed by atoms with E-state index in [2.05, 4.69) is 6.92 Å². The molecule has 0 saturated heterocycles. The van der Waals surface area contributed by atoms with Gasteiger partial charge in [-0.3, -0.25) is 0 Å². The average molecular weight is 159 g/mol. The van der Waals surface area contributed by atoms with Gasteiger partial charge >= 0.3 is 0 Å². The first-order valence-corrected chi connectivity index (χ1v) is 4.66. The molecule has 0 aliphatic carbocycles. The Kier molecular flexibility index (Phi) is 7.96. The summed E-state index contributed by atoms with van der Waals surface area (Å²) in [5.74, 6) is 0.340. The van der Waals surface area contributed by atoms with Crippen molar-refractivity contribution in [1.29, 1.82) is 0 Å². The minimum Gasteiger partial charge on any atom is -0.396 e. The first kappa shape index (κ1) is 10.9. The lowest BCUT2D eigenvalue weighted by atomic mass is 10.0. The molecule has 11 heavy (non-hydrogen) atoms. The van der Waals surface area contributed by atoms with Crippen LogP contribution in [0.4, 0.5) is 0 Å². The van der Waals surface area contributed by atoms with Crippen LogP contribution in [-0.4, -0.2) is 18.3 Å². The maximum Gasteiger partial charge on any atom is 0.0471 e. The van der Waals surface area contributed by atoms with Crippen LogP contribution in [0.15, 0.2) is 0 Å². The standard InChI is InChI=1S/C9H21NO/c1-2-3-4-5-6-9(7-10)8-11/h9,11H,2-8,10H2,1H3. The molecule has 0 aromatic rings. The van der Waals surface area contributed by atoms with Crippen molar-refractivity contribution in [3.8, 4) is 0 Å². The van der Waals surface area contributed by atoms with Crippen LogP contribution in [0.3, 0.4) is 0 Å². The Balaban J connectivity index is 3.07. The van der Waals surface area contributed by atoms with E-state index in [4.69, 9.17) is 10.8 Å². The van der Waals surface area contributed by atoms with Crippen LogP contribution in [-0.2, 0) is 0 Å². The number of unbranched alkanes of at least 4 members (excludes halogenated alkanes) is 3. The molecule has 0 aromatic heterocycles. The molecule has 0 saturated carbocycles. The summed E-state index contributed by atoms with van der Waals surface area (Å²) in [6, 6.07) is 0. The quantitative estimate of drug-likeness (QED) is 0.553. The SMILES string of the molecule is CCCCCCC(CN)CO. The maximum absolute atomic E-state index is 8.80. The van der Waals surface area contributed by atoms with Crippen molar-refractivity contribution in [2.24, 2.45) is 11.7 Å². The van der Waals surface area contributed by atoms with Gasteiger partial charge in [-0.25, -0.2) is 0 Å². The van der Waals surface area contributed by atoms with Crippen molar-refractivity contribution >= 4 is 0 Å². The number of rotatable bonds is 7. The molecule has 2 heteroatoms. The van der Waals surface area contributed by atoms with E-state index in [-0.39, 0.29) is 6.61 Å². The third-order valence-corrected chi connectivity index (χ3v) is 2.06. The normalized spacial score (nSPS) is 13.4. The summed E-state index contributed by atoms with van der Waals surface area (Å²) in [7, 11) is 0. The van der Waals surface area contributed by atoms with E-state index in [9.17, 15) is 0 Å². The summed E-state index contributed by atoms with van der Waals surface area (Å²) >= 11 is 0. The Morgan fingerprint density at radius 1 is 1.27 bits per heavy atom. The van der Waals surface area contributed by atoms with Crippen molar-refractivity contribution in [2.45, 2.75) is 39.0 Å². The Labute approximate surface area is 69.8 Å². The second-order valence-corrected chi connectivity index (χ2v) is 3.13. The molecule has 68 valence electrons. The third kappa shape index (κ3) is 6.32. The second kappa shape index (κ2) is 8.02. The lowest BCUT2D eigenvalue weighted by Gasteiger charge is -2.09. The highest BCUT2D eigenvalue weighted by Gasteiger charge is 2.02. The van der Waals surface area contributed by atoms with Crippen molar-refractivity contribution in [1.82, 2.24) is 0 Å². The van der Waals surface area contributed by atoms with Crippen LogP contribution >= 0.6 is 0 Å². The summed E-state index contributed by atoms with van der Waals surface area (Å²) in [6.07, 6.45) is 6.17. The summed E-state index contributed by atoms with van der Waals surface area (Å²) in [5, 5.41) is 8.80. The van der Waals surface area contributed by atoms with E-state index in [1.807, 2.05) is 0 Å². The lowest BCUT2D eigenvalue weighted by Crippen LogP contribution is -2.17. The van der Waals surface area contributed by atoms with Gasteiger partial charge in [0.25, 0.3) is 0 Å². The molecule has 0 aromatic carbocycles. The second-order valence-electron chi connectivity index (χ2n) is 3.13. The molecule has 0 heterocycles. The zero-order valence-corrected chi connectivity index (χ0v) is 7.55. The molecule has 0 rings (SSSR count). The zero-order chi connectivity index (χ0) is 8.53. The smallest absolute Gasteiger partial charge is 0.0471 e. The topological polar surface area (TPSA) is 46.2 Å². The van der Waals surface area contributed by atoms with Crippen LogP contribution in [0.25, 0.3) is 0 Å². The van der Waals surface area contributed by atoms with Gasteiger partial charge in [-0.1, -0.05) is 32.6 Å². The highest BCUT2D eigenvalue weighted by atomic mass is 16.3. The van der Waals surface area contributed by atoms with Crippen LogP contribution < -0.4 is 5.73 Å². The summed E-state index contributed by atoms with van der Waals surface area (Å²) < 4.78 is 0. The molecule has 0 radical (unpaired) electrons. The molecule has 0 aliphatic heterocycles. The van der Waals surface area contributed by atoms with Crippen LogP contribution in [0, 0.1) is 5.92 Å². The van der Waals surface area contributed by atoms with Gasteiger partial charge in [0.1, 0.15) is 0 Å². The Morgan fingerprint density at radius 2 is 2.00 bits per heavy atom. The first-order valence-electron chi connectivity index (χ1n) is 4.66. The van der Waals surface area contributed by atoms with E-state index in [1.165, 1.54) is 25.7 Å². The Hall–Kier alpha value is -0.0800. The lowest BCUT2D eigenvalue weighted by molar-refractivity contribution is 0.220. The Morgan fingerprint density at radius 3 is 2.45 bits per heavy atom. The third-order valence-electron chi connectivity index (χ3n) is 2.06. The van der Waals surface area contributed by atoms with Crippen molar-refractivity contribution < 1.29 is 5.11 Å². The Bertz CT molecular complexity index is 72.0. The van der Waals surface area contributed by atoms with Crippen molar-refractivity contribution in [2.75, 3.05) is 13.2 Å². The minimum atomic E-state index is 0.253. The van der Waals surface area contributed by atoms with Gasteiger partial charge in [0.15, 0.2) is 0 Å². The van der Waals surface area contributed by atoms with Gasteiger partial charge in [0, 0.05) is 6.61 Å². The van der Waals surface area contributed by atoms with E-state index in [0.717, 1.165) is 6.42 Å². The predicted octanol–water partition coefficient (Wildman–Crippen LogP) is 1.52. The minimum absolute atomic E-state index is 0.253. The molecule has 0 fully saturated rings. The summed E-state index contributed by atoms with van der Waals surface area (Å²) in [5.41, 5.74) is 5.44. The molecule has 0 aliphatic rings. The van der Waals surface area contributed by atoms with Crippen molar-refractivity contribution in [3.05, 3.63) is 0 Å². The summed E-state index contributed by atoms with van der Waals surface area (Å²) in [4.78, 5) is 0. The predicted molar refractivity (Wildman–Crippen MR) is 48.4 cm³/mol. The fourth-order valence-electron chi connectivity index (χ4n) is 1.14. The highest BCUT2D eigenvalue weighted by molar-refractivity contribution is 4.57.